The number of methoxy groups -OCH3 is 1. The zero-order valence-electron chi connectivity index (χ0n) is 22.2. The molecule has 4 rings (SSSR count). The van der Waals surface area contributed by atoms with Crippen LogP contribution in [0.4, 0.5) is 0 Å². The van der Waals surface area contributed by atoms with Crippen LogP contribution in [0.1, 0.15) is 71.9 Å². The monoisotopic (exact) mass is 457 g/mol. The lowest BCUT2D eigenvalue weighted by molar-refractivity contribution is 0.353. The maximum absolute atomic E-state index is 4.82. The van der Waals surface area contributed by atoms with Gasteiger partial charge in [-0.2, -0.15) is 0 Å². The predicted molar refractivity (Wildman–Crippen MR) is 144 cm³/mol. The van der Waals surface area contributed by atoms with Crippen molar-refractivity contribution in [3.8, 4) is 5.88 Å². The highest BCUT2D eigenvalue weighted by molar-refractivity contribution is 6.32. The number of aliphatic imine (C=N–C) groups is 2. The van der Waals surface area contributed by atoms with Crippen molar-refractivity contribution in [2.24, 2.45) is 21.3 Å². The maximum Gasteiger partial charge on any atom is 0.232 e. The third-order valence-electron chi connectivity index (χ3n) is 5.14. The topological polar surface area (TPSA) is 71.8 Å². The molecule has 0 amide bonds. The van der Waals surface area contributed by atoms with Gasteiger partial charge in [-0.1, -0.05) is 26.5 Å². The van der Waals surface area contributed by atoms with Gasteiger partial charge in [0.15, 0.2) is 0 Å². The first-order valence-electron chi connectivity index (χ1n) is 12.2. The Labute approximate surface area is 202 Å². The molecule has 0 radical (unpaired) electrons. The number of nitrogens with one attached hydrogen (secondary N) is 1. The molecule has 2 aliphatic carbocycles. The fourth-order valence-electron chi connectivity index (χ4n) is 3.13. The van der Waals surface area contributed by atoms with Gasteiger partial charge >= 0.3 is 0 Å². The summed E-state index contributed by atoms with van der Waals surface area (Å²) in [6, 6.07) is 0. The Morgan fingerprint density at radius 2 is 1.76 bits per heavy atom. The van der Waals surface area contributed by atoms with Crippen molar-refractivity contribution in [2.45, 2.75) is 73.1 Å². The number of piperidine rings is 1. The summed E-state index contributed by atoms with van der Waals surface area (Å²) in [4.78, 5) is 16.1. The van der Waals surface area contributed by atoms with Crippen LogP contribution in [0.2, 0.25) is 0 Å². The summed E-state index contributed by atoms with van der Waals surface area (Å²) in [6.07, 6.45) is 15.3. The molecule has 1 aliphatic heterocycles. The molecular weight excluding hydrogens is 410 g/mol. The van der Waals surface area contributed by atoms with Gasteiger partial charge in [0.1, 0.15) is 0 Å². The Hall–Kier alpha value is -2.34. The molecule has 0 atom stereocenters. The van der Waals surface area contributed by atoms with E-state index in [1.54, 1.807) is 32.6 Å². The van der Waals surface area contributed by atoms with Crippen molar-refractivity contribution in [2.75, 3.05) is 27.2 Å². The van der Waals surface area contributed by atoms with E-state index in [0.717, 1.165) is 22.5 Å². The van der Waals surface area contributed by atoms with Crippen LogP contribution in [-0.4, -0.2) is 49.1 Å². The normalized spacial score (nSPS) is 17.5. The van der Waals surface area contributed by atoms with Gasteiger partial charge in [0.25, 0.3) is 0 Å². The van der Waals surface area contributed by atoms with Gasteiger partial charge in [0.05, 0.1) is 24.7 Å². The highest BCUT2D eigenvalue weighted by Crippen LogP contribution is 2.52. The number of allylic oxidation sites excluding steroid dienone is 2. The number of aromatic nitrogens is 2. The minimum absolute atomic E-state index is 0.565. The third kappa shape index (κ3) is 15.2. The first-order chi connectivity index (χ1) is 15.9. The second-order valence-electron chi connectivity index (χ2n) is 8.29. The third-order valence-corrected chi connectivity index (χ3v) is 5.14. The van der Waals surface area contributed by atoms with E-state index in [9.17, 15) is 0 Å². The average molecular weight is 458 g/mol. The lowest BCUT2D eigenvalue weighted by atomic mass is 9.95. The van der Waals surface area contributed by atoms with Gasteiger partial charge in [-0.3, -0.25) is 15.0 Å². The molecule has 0 bridgehead atoms. The molecule has 3 fully saturated rings. The fourth-order valence-corrected chi connectivity index (χ4v) is 3.13. The van der Waals surface area contributed by atoms with Gasteiger partial charge in [0.2, 0.25) is 5.88 Å². The standard InChI is InChI=1S/C9H14N2.C7H13N.C6H8N2O.C3H6.C2H6/c1-7(2)11-9(6-10-3)8-4-5-8;1-2-7(1)3-5-8-6-4-7;1-5-3-7-4-6(8-5)9-2;1-3-2;1-2/h6,8H,1,4-5H2,2-3H3;8H,1-6H2;3-4H,1-2H3;3H,1H2,2H3;1-2H3. The van der Waals surface area contributed by atoms with Gasteiger partial charge in [0, 0.05) is 31.1 Å². The Balaban J connectivity index is 0.000000427. The lowest BCUT2D eigenvalue weighted by Crippen LogP contribution is -2.28. The Bertz CT molecular complexity index is 726. The largest absolute Gasteiger partial charge is 0.480 e. The first-order valence-corrected chi connectivity index (χ1v) is 12.2. The fraction of sp³-hybridized carbons (Fsp3) is 0.630. The van der Waals surface area contributed by atoms with Crippen molar-refractivity contribution >= 4 is 11.9 Å². The summed E-state index contributed by atoms with van der Waals surface area (Å²) in [5, 5.41) is 3.38. The SMILES string of the molecule is C1CC2(CCN1)CC2.C=C(C)N=C(C=NC)C1CC1.C=CC.CC.COc1cncc(C)n1. The number of hydrogen-bond acceptors (Lipinski definition) is 6. The van der Waals surface area contributed by atoms with Gasteiger partial charge in [-0.15, -0.1) is 6.58 Å². The van der Waals surface area contributed by atoms with Crippen LogP contribution >= 0.6 is 0 Å². The summed E-state index contributed by atoms with van der Waals surface area (Å²) < 4.78 is 4.82. The maximum atomic E-state index is 4.82. The van der Waals surface area contributed by atoms with E-state index in [-0.39, 0.29) is 0 Å². The number of ether oxygens (including phenoxy) is 1. The van der Waals surface area contributed by atoms with Crippen molar-refractivity contribution in [1.29, 1.82) is 0 Å². The van der Waals surface area contributed by atoms with Gasteiger partial charge < -0.3 is 10.1 Å². The van der Waals surface area contributed by atoms with E-state index >= 15 is 0 Å². The summed E-state index contributed by atoms with van der Waals surface area (Å²) in [5.74, 6) is 1.23. The second kappa shape index (κ2) is 18.1. The van der Waals surface area contributed by atoms with Crippen LogP contribution in [0.25, 0.3) is 0 Å². The smallest absolute Gasteiger partial charge is 0.232 e. The molecular formula is C27H47N5O. The van der Waals surface area contributed by atoms with Crippen molar-refractivity contribution in [3.05, 3.63) is 43.0 Å². The highest BCUT2D eigenvalue weighted by atomic mass is 16.5. The summed E-state index contributed by atoms with van der Waals surface area (Å²) in [7, 11) is 3.35. The van der Waals surface area contributed by atoms with E-state index in [1.165, 1.54) is 51.6 Å². The average Bonchev–Trinajstić information content (AvgIpc) is 3.74. The minimum atomic E-state index is 0.565. The Morgan fingerprint density at radius 3 is 2.09 bits per heavy atom. The van der Waals surface area contributed by atoms with Crippen LogP contribution in [0.3, 0.4) is 0 Å². The quantitative estimate of drug-likeness (QED) is 0.429. The molecule has 186 valence electrons. The molecule has 33 heavy (non-hydrogen) atoms. The summed E-state index contributed by atoms with van der Waals surface area (Å²) in [5.41, 5.74) is 3.70. The molecule has 0 unspecified atom stereocenters. The van der Waals surface area contributed by atoms with Crippen LogP contribution in [0.5, 0.6) is 5.88 Å². The van der Waals surface area contributed by atoms with E-state index in [0.29, 0.717) is 11.8 Å². The Morgan fingerprint density at radius 1 is 1.18 bits per heavy atom. The van der Waals surface area contributed by atoms with Crippen molar-refractivity contribution < 1.29 is 4.74 Å². The van der Waals surface area contributed by atoms with E-state index in [4.69, 9.17) is 4.74 Å². The molecule has 1 spiro atoms. The summed E-state index contributed by atoms with van der Waals surface area (Å²) in [6.45, 7) is 19.3. The van der Waals surface area contributed by atoms with Crippen LogP contribution in [-0.2, 0) is 0 Å². The first kappa shape index (κ1) is 30.7. The van der Waals surface area contributed by atoms with Gasteiger partial charge in [-0.05, 0) is 77.8 Å². The zero-order chi connectivity index (χ0) is 25.1. The molecule has 1 N–H and O–H groups in total. The molecule has 2 saturated carbocycles. The highest BCUT2D eigenvalue weighted by Gasteiger charge is 2.42. The second-order valence-corrected chi connectivity index (χ2v) is 8.29. The lowest BCUT2D eigenvalue weighted by Gasteiger charge is -2.20. The number of hydrogen-bond donors (Lipinski definition) is 1. The minimum Gasteiger partial charge on any atom is -0.480 e. The number of nitrogens with zero attached hydrogens (tertiary/aromatic N) is 4. The molecule has 6 nitrogen and oxygen atoms in total. The van der Waals surface area contributed by atoms with Crippen molar-refractivity contribution in [3.63, 3.8) is 0 Å². The molecule has 1 aromatic rings. The van der Waals surface area contributed by atoms with Gasteiger partial charge in [-0.25, -0.2) is 4.98 Å². The van der Waals surface area contributed by atoms with E-state index in [2.05, 4.69) is 38.4 Å². The zero-order valence-corrected chi connectivity index (χ0v) is 22.2. The number of aryl methyl sites for hydroxylation is 1. The van der Waals surface area contributed by atoms with E-state index < -0.39 is 0 Å². The van der Waals surface area contributed by atoms with Crippen LogP contribution in [0.15, 0.2) is 47.3 Å². The summed E-state index contributed by atoms with van der Waals surface area (Å²) >= 11 is 0. The molecule has 6 heteroatoms. The van der Waals surface area contributed by atoms with Crippen LogP contribution in [0, 0.1) is 18.3 Å². The molecule has 2 heterocycles. The molecule has 1 aromatic heterocycles. The van der Waals surface area contributed by atoms with Crippen molar-refractivity contribution in [1.82, 2.24) is 15.3 Å². The number of rotatable bonds is 4. The molecule has 0 aromatic carbocycles. The predicted octanol–water partition coefficient (Wildman–Crippen LogP) is 6.23. The van der Waals surface area contributed by atoms with E-state index in [1.807, 2.05) is 40.8 Å². The molecule has 1 saturated heterocycles. The Kier molecular flexibility index (Phi) is 16.8. The molecule has 3 aliphatic rings. The van der Waals surface area contributed by atoms with Crippen LogP contribution < -0.4 is 10.1 Å².